The summed E-state index contributed by atoms with van der Waals surface area (Å²) in [5.41, 5.74) is 2.21. The van der Waals surface area contributed by atoms with Gasteiger partial charge in [0, 0.05) is 19.2 Å². The number of hydroxylamine groups is 1. The fourth-order valence-corrected chi connectivity index (χ4v) is 2.01. The van der Waals surface area contributed by atoms with E-state index in [9.17, 15) is 18.0 Å². The predicted octanol–water partition coefficient (Wildman–Crippen LogP) is 2.86. The van der Waals surface area contributed by atoms with Crippen LogP contribution < -0.4 is 10.2 Å². The smallest absolute Gasteiger partial charge is 0.422 e. The number of hydrogen-bond donors (Lipinski definition) is 1. The highest BCUT2D eigenvalue weighted by molar-refractivity contribution is 6.32. The normalized spacial score (nSPS) is 18.5. The lowest BCUT2D eigenvalue weighted by Crippen LogP contribution is -2.33. The van der Waals surface area contributed by atoms with Gasteiger partial charge in [0.2, 0.25) is 5.88 Å². The van der Waals surface area contributed by atoms with Crippen LogP contribution >= 0.6 is 11.6 Å². The fraction of sp³-hybridized carbons (Fsp3) is 0.538. The van der Waals surface area contributed by atoms with E-state index in [0.717, 1.165) is 25.1 Å². The summed E-state index contributed by atoms with van der Waals surface area (Å²) in [5, 5.41) is -0.212. The van der Waals surface area contributed by atoms with Crippen LogP contribution in [-0.4, -0.2) is 36.6 Å². The SMILES string of the molecule is O=C(NO[C@H]1CCCCO1)c1cnc(OCC(F)(F)F)c(Cl)c1. The van der Waals surface area contributed by atoms with Crippen LogP contribution in [0.1, 0.15) is 29.6 Å². The van der Waals surface area contributed by atoms with Gasteiger partial charge in [0.25, 0.3) is 5.91 Å². The Morgan fingerprint density at radius 1 is 1.48 bits per heavy atom. The number of carbonyl (C=O) groups excluding carboxylic acids is 1. The molecule has 1 amide bonds. The van der Waals surface area contributed by atoms with E-state index in [1.54, 1.807) is 0 Å². The van der Waals surface area contributed by atoms with Crippen molar-refractivity contribution < 1.29 is 32.3 Å². The highest BCUT2D eigenvalue weighted by atomic mass is 35.5. The zero-order valence-electron chi connectivity index (χ0n) is 11.9. The molecule has 0 aliphatic carbocycles. The average Bonchev–Trinajstić information content (AvgIpc) is 2.51. The monoisotopic (exact) mass is 354 g/mol. The van der Waals surface area contributed by atoms with Gasteiger partial charge in [-0.3, -0.25) is 4.79 Å². The summed E-state index contributed by atoms with van der Waals surface area (Å²) in [6.45, 7) is -0.966. The van der Waals surface area contributed by atoms with Crippen LogP contribution in [0.15, 0.2) is 12.3 Å². The molecule has 1 saturated heterocycles. The van der Waals surface area contributed by atoms with Crippen molar-refractivity contribution in [1.82, 2.24) is 10.5 Å². The molecule has 0 aromatic carbocycles. The van der Waals surface area contributed by atoms with Crippen LogP contribution in [0.3, 0.4) is 0 Å². The first-order valence-corrected chi connectivity index (χ1v) is 7.15. The highest BCUT2D eigenvalue weighted by Gasteiger charge is 2.29. The van der Waals surface area contributed by atoms with Crippen LogP contribution in [0, 0.1) is 0 Å². The maximum absolute atomic E-state index is 12.1. The number of amides is 1. The van der Waals surface area contributed by atoms with Gasteiger partial charge in [-0.05, 0) is 18.9 Å². The maximum Gasteiger partial charge on any atom is 0.422 e. The van der Waals surface area contributed by atoms with E-state index in [-0.39, 0.29) is 10.6 Å². The lowest BCUT2D eigenvalue weighted by atomic mass is 10.2. The van der Waals surface area contributed by atoms with Crippen LogP contribution in [-0.2, 0) is 9.57 Å². The second-order valence-electron chi connectivity index (χ2n) is 4.76. The van der Waals surface area contributed by atoms with Gasteiger partial charge < -0.3 is 9.47 Å². The summed E-state index contributed by atoms with van der Waals surface area (Å²) in [5.74, 6) is -1.05. The van der Waals surface area contributed by atoms with Crippen molar-refractivity contribution in [2.45, 2.75) is 31.7 Å². The Morgan fingerprint density at radius 2 is 2.26 bits per heavy atom. The van der Waals surface area contributed by atoms with Gasteiger partial charge in [-0.1, -0.05) is 11.6 Å². The van der Waals surface area contributed by atoms with Crippen LogP contribution in [0.5, 0.6) is 5.88 Å². The van der Waals surface area contributed by atoms with Gasteiger partial charge in [0.05, 0.1) is 5.56 Å². The molecule has 1 N–H and O–H groups in total. The molecule has 10 heteroatoms. The molecular formula is C13H14ClF3N2O4. The highest BCUT2D eigenvalue weighted by Crippen LogP contribution is 2.25. The van der Waals surface area contributed by atoms with E-state index in [2.05, 4.69) is 15.2 Å². The van der Waals surface area contributed by atoms with Crippen molar-refractivity contribution in [3.8, 4) is 5.88 Å². The Bertz CT molecular complexity index is 551. The lowest BCUT2D eigenvalue weighted by Gasteiger charge is -2.22. The molecule has 0 spiro atoms. The van der Waals surface area contributed by atoms with Crippen molar-refractivity contribution in [2.24, 2.45) is 0 Å². The number of hydrogen-bond acceptors (Lipinski definition) is 5. The van der Waals surface area contributed by atoms with E-state index < -0.39 is 30.9 Å². The molecular weight excluding hydrogens is 341 g/mol. The van der Waals surface area contributed by atoms with Gasteiger partial charge in [-0.25, -0.2) is 15.3 Å². The third-order valence-corrected chi connectivity index (χ3v) is 3.13. The van der Waals surface area contributed by atoms with E-state index in [4.69, 9.17) is 21.2 Å². The van der Waals surface area contributed by atoms with Gasteiger partial charge in [-0.2, -0.15) is 13.2 Å². The third kappa shape index (κ3) is 5.85. The zero-order valence-corrected chi connectivity index (χ0v) is 12.6. The summed E-state index contributed by atoms with van der Waals surface area (Å²) in [6, 6.07) is 1.14. The largest absolute Gasteiger partial charge is 0.467 e. The topological polar surface area (TPSA) is 69.7 Å². The summed E-state index contributed by atoms with van der Waals surface area (Å²) in [6.07, 6.45) is -1.46. The number of nitrogens with zero attached hydrogens (tertiary/aromatic N) is 1. The minimum absolute atomic E-state index is 0.0187. The molecule has 0 radical (unpaired) electrons. The Morgan fingerprint density at radius 3 is 2.87 bits per heavy atom. The fourth-order valence-electron chi connectivity index (χ4n) is 1.79. The van der Waals surface area contributed by atoms with Gasteiger partial charge in [0.15, 0.2) is 12.9 Å². The minimum atomic E-state index is -4.51. The summed E-state index contributed by atoms with van der Waals surface area (Å²) in [4.78, 5) is 20.5. The van der Waals surface area contributed by atoms with Crippen LogP contribution in [0.4, 0.5) is 13.2 Å². The molecule has 1 aromatic heterocycles. The van der Waals surface area contributed by atoms with E-state index >= 15 is 0 Å². The summed E-state index contributed by atoms with van der Waals surface area (Å²) >= 11 is 5.75. The van der Waals surface area contributed by atoms with Crippen molar-refractivity contribution in [3.63, 3.8) is 0 Å². The van der Waals surface area contributed by atoms with Gasteiger partial charge >= 0.3 is 6.18 Å². The quantitative estimate of drug-likeness (QED) is 0.823. The third-order valence-electron chi connectivity index (χ3n) is 2.86. The molecule has 1 atom stereocenters. The standard InChI is InChI=1S/C13H14ClF3N2O4/c14-9-5-8(6-18-12(9)22-7-13(15,16)17)11(20)19-23-10-3-1-2-4-21-10/h5-6,10H,1-4,7H2,(H,19,20)/t10-/m0/s1. The summed E-state index contributed by atoms with van der Waals surface area (Å²) < 4.78 is 45.9. The summed E-state index contributed by atoms with van der Waals surface area (Å²) in [7, 11) is 0. The molecule has 2 heterocycles. The molecule has 0 saturated carbocycles. The molecule has 1 aromatic rings. The number of nitrogens with one attached hydrogen (secondary N) is 1. The van der Waals surface area contributed by atoms with E-state index in [0.29, 0.717) is 13.0 Å². The number of ether oxygens (including phenoxy) is 2. The molecule has 1 aliphatic rings. The molecule has 2 rings (SSSR count). The second-order valence-corrected chi connectivity index (χ2v) is 5.17. The first-order chi connectivity index (χ1) is 10.8. The first kappa shape index (κ1) is 17.8. The van der Waals surface area contributed by atoms with Gasteiger partial charge in [-0.15, -0.1) is 0 Å². The van der Waals surface area contributed by atoms with E-state index in [1.165, 1.54) is 0 Å². The zero-order chi connectivity index (χ0) is 16.9. The van der Waals surface area contributed by atoms with Crippen molar-refractivity contribution >= 4 is 17.5 Å². The minimum Gasteiger partial charge on any atom is -0.467 e. The predicted molar refractivity (Wildman–Crippen MR) is 72.9 cm³/mol. The number of pyridine rings is 1. The number of aromatic nitrogens is 1. The van der Waals surface area contributed by atoms with E-state index in [1.807, 2.05) is 0 Å². The number of alkyl halides is 3. The first-order valence-electron chi connectivity index (χ1n) is 6.78. The van der Waals surface area contributed by atoms with Gasteiger partial charge in [0.1, 0.15) is 5.02 Å². The molecule has 0 unspecified atom stereocenters. The molecule has 0 bridgehead atoms. The van der Waals surface area contributed by atoms with Crippen molar-refractivity contribution in [3.05, 3.63) is 22.8 Å². The van der Waals surface area contributed by atoms with Crippen molar-refractivity contribution in [2.75, 3.05) is 13.2 Å². The molecule has 128 valence electrons. The Balaban J connectivity index is 1.89. The number of halogens is 4. The average molecular weight is 355 g/mol. The molecule has 1 aliphatic heterocycles. The molecule has 23 heavy (non-hydrogen) atoms. The Kier molecular flexibility index (Phi) is 6.03. The second kappa shape index (κ2) is 7.80. The maximum atomic E-state index is 12.1. The Labute approximate surface area is 134 Å². The lowest BCUT2D eigenvalue weighted by molar-refractivity contribution is -0.186. The molecule has 6 nitrogen and oxygen atoms in total. The number of carbonyl (C=O) groups is 1. The van der Waals surface area contributed by atoms with Crippen LogP contribution in [0.25, 0.3) is 0 Å². The Hall–Kier alpha value is -1.58. The number of rotatable bonds is 5. The molecule has 1 fully saturated rings. The van der Waals surface area contributed by atoms with Crippen LogP contribution in [0.2, 0.25) is 5.02 Å². The van der Waals surface area contributed by atoms with Crippen molar-refractivity contribution in [1.29, 1.82) is 0 Å².